The van der Waals surface area contributed by atoms with Crippen LogP contribution in [0.4, 0.5) is 5.82 Å². The van der Waals surface area contributed by atoms with Crippen molar-refractivity contribution in [2.24, 2.45) is 0 Å². The van der Waals surface area contributed by atoms with Gasteiger partial charge in [0.25, 0.3) is 18.1 Å². The summed E-state index contributed by atoms with van der Waals surface area (Å²) < 4.78 is 43.6. The van der Waals surface area contributed by atoms with Crippen LogP contribution in [-0.2, 0) is 18.1 Å². The summed E-state index contributed by atoms with van der Waals surface area (Å²) in [5.41, 5.74) is 5.21. The van der Waals surface area contributed by atoms with Crippen LogP contribution in [0.25, 0.3) is 0 Å². The van der Waals surface area contributed by atoms with Crippen LogP contribution in [0.3, 0.4) is 0 Å². The fourth-order valence-corrected chi connectivity index (χ4v) is 2.47. The molecule has 0 aliphatic heterocycles. The molecule has 0 atom stereocenters. The Morgan fingerprint density at radius 2 is 1.67 bits per heavy atom. The number of nitrogens with zero attached hydrogens (tertiary/aromatic N) is 1. The van der Waals surface area contributed by atoms with E-state index in [1.807, 2.05) is 0 Å². The van der Waals surface area contributed by atoms with Crippen LogP contribution < -0.4 is 5.73 Å². The van der Waals surface area contributed by atoms with E-state index >= 15 is 0 Å². The van der Waals surface area contributed by atoms with Crippen molar-refractivity contribution in [3.8, 4) is 0 Å². The second-order valence-electron chi connectivity index (χ2n) is 2.43. The third-order valence-electron chi connectivity index (χ3n) is 1.40. The molecule has 0 radical (unpaired) electrons. The second-order valence-corrected chi connectivity index (χ2v) is 7.53. The van der Waals surface area contributed by atoms with Gasteiger partial charge in [-0.1, -0.05) is 0 Å². The first kappa shape index (κ1) is 12.5. The molecule has 84 valence electrons. The summed E-state index contributed by atoms with van der Waals surface area (Å²) >= 11 is 0. The number of aromatic nitrogens is 1. The molecule has 1 aromatic heterocycles. The Bertz CT molecular complexity index is 595. The number of hydrogen-bond donors (Lipinski definition) is 1. The van der Waals surface area contributed by atoms with Gasteiger partial charge in [-0.05, 0) is 6.07 Å². The number of anilines is 1. The lowest BCUT2D eigenvalue weighted by molar-refractivity contribution is 0.607. The summed E-state index contributed by atoms with van der Waals surface area (Å²) in [6, 6.07) is 0.743. The summed E-state index contributed by atoms with van der Waals surface area (Å²) in [4.78, 5) is 2.28. The molecule has 0 aromatic carbocycles. The molecule has 0 saturated carbocycles. The van der Waals surface area contributed by atoms with Crippen LogP contribution >= 0.6 is 21.4 Å². The third-order valence-corrected chi connectivity index (χ3v) is 4.07. The van der Waals surface area contributed by atoms with E-state index < -0.39 is 33.7 Å². The van der Waals surface area contributed by atoms with E-state index in [-0.39, 0.29) is 0 Å². The number of pyridine rings is 1. The first-order chi connectivity index (χ1) is 6.62. The Morgan fingerprint density at radius 3 is 2.07 bits per heavy atom. The van der Waals surface area contributed by atoms with Crippen molar-refractivity contribution >= 4 is 45.3 Å². The first-order valence-electron chi connectivity index (χ1n) is 3.27. The maximum atomic E-state index is 10.9. The molecule has 2 N–H and O–H groups in total. The highest BCUT2D eigenvalue weighted by molar-refractivity contribution is 8.14. The SMILES string of the molecule is Nc1ncc(S(=O)(=O)Cl)cc1S(=O)(=O)Cl. The maximum absolute atomic E-state index is 10.9. The lowest BCUT2D eigenvalue weighted by Crippen LogP contribution is -2.03. The van der Waals surface area contributed by atoms with Gasteiger partial charge >= 0.3 is 0 Å². The van der Waals surface area contributed by atoms with Gasteiger partial charge in [-0.25, -0.2) is 21.8 Å². The standard InChI is InChI=1S/C5H4Cl2N2O4S2/c6-14(10,11)3-1-4(15(7,12)13)5(8)9-2-3/h1-2H,(H2,8,9). The predicted molar refractivity (Wildman–Crippen MR) is 54.7 cm³/mol. The van der Waals surface area contributed by atoms with Crippen LogP contribution in [0.1, 0.15) is 0 Å². The lowest BCUT2D eigenvalue weighted by atomic mass is 10.5. The Hall–Kier alpha value is -0.570. The number of nitrogen functional groups attached to an aromatic ring is 1. The Morgan fingerprint density at radius 1 is 1.13 bits per heavy atom. The zero-order valence-electron chi connectivity index (χ0n) is 6.88. The van der Waals surface area contributed by atoms with Gasteiger partial charge in [0.05, 0.1) is 0 Å². The number of rotatable bonds is 2. The molecule has 0 aliphatic rings. The summed E-state index contributed by atoms with van der Waals surface area (Å²) in [5, 5.41) is 0. The molecule has 1 heterocycles. The van der Waals surface area contributed by atoms with Crippen molar-refractivity contribution in [3.05, 3.63) is 12.3 Å². The molecule has 0 saturated heterocycles. The van der Waals surface area contributed by atoms with Crippen molar-refractivity contribution < 1.29 is 16.8 Å². The van der Waals surface area contributed by atoms with Gasteiger partial charge in [-0.3, -0.25) is 0 Å². The normalized spacial score (nSPS) is 12.7. The van der Waals surface area contributed by atoms with Crippen LogP contribution in [0.15, 0.2) is 22.1 Å². The van der Waals surface area contributed by atoms with Crippen LogP contribution in [0.5, 0.6) is 0 Å². The number of nitrogens with two attached hydrogens (primary N) is 1. The minimum atomic E-state index is -4.15. The van der Waals surface area contributed by atoms with Crippen LogP contribution in [0.2, 0.25) is 0 Å². The zero-order chi connectivity index (χ0) is 11.9. The number of hydrogen-bond acceptors (Lipinski definition) is 6. The Balaban J connectivity index is 3.57. The van der Waals surface area contributed by atoms with Crippen molar-refractivity contribution in [2.45, 2.75) is 9.79 Å². The van der Waals surface area contributed by atoms with E-state index in [2.05, 4.69) is 4.98 Å². The van der Waals surface area contributed by atoms with E-state index in [1.165, 1.54) is 0 Å². The van der Waals surface area contributed by atoms with Crippen molar-refractivity contribution in [2.75, 3.05) is 5.73 Å². The van der Waals surface area contributed by atoms with Crippen molar-refractivity contribution in [1.29, 1.82) is 0 Å². The molecule has 0 aliphatic carbocycles. The first-order valence-corrected chi connectivity index (χ1v) is 7.89. The van der Waals surface area contributed by atoms with Gasteiger partial charge in [-0.15, -0.1) is 0 Å². The van der Waals surface area contributed by atoms with E-state index in [9.17, 15) is 16.8 Å². The minimum absolute atomic E-state index is 0.394. The largest absolute Gasteiger partial charge is 0.383 e. The average Bonchev–Trinajstić information content (AvgIpc) is 2.00. The van der Waals surface area contributed by atoms with Crippen LogP contribution in [-0.4, -0.2) is 21.8 Å². The highest BCUT2D eigenvalue weighted by atomic mass is 35.7. The van der Waals surface area contributed by atoms with E-state index in [0.717, 1.165) is 12.3 Å². The van der Waals surface area contributed by atoms with E-state index in [4.69, 9.17) is 27.1 Å². The predicted octanol–water partition coefficient (Wildman–Crippen LogP) is 0.519. The highest BCUT2D eigenvalue weighted by Crippen LogP contribution is 2.24. The molecule has 1 aromatic rings. The molecule has 0 unspecified atom stereocenters. The molecule has 1 rings (SSSR count). The molecular formula is C5H4Cl2N2O4S2. The Kier molecular flexibility index (Phi) is 3.15. The highest BCUT2D eigenvalue weighted by Gasteiger charge is 2.20. The quantitative estimate of drug-likeness (QED) is 0.796. The monoisotopic (exact) mass is 290 g/mol. The summed E-state index contributed by atoms with van der Waals surface area (Å²) in [7, 11) is 1.76. The topological polar surface area (TPSA) is 107 Å². The molecule has 6 nitrogen and oxygen atoms in total. The van der Waals surface area contributed by atoms with Gasteiger partial charge < -0.3 is 5.73 Å². The average molecular weight is 291 g/mol. The van der Waals surface area contributed by atoms with E-state index in [0.29, 0.717) is 0 Å². The van der Waals surface area contributed by atoms with Gasteiger partial charge in [0.1, 0.15) is 15.6 Å². The smallest absolute Gasteiger partial charge is 0.265 e. The van der Waals surface area contributed by atoms with Gasteiger partial charge in [0, 0.05) is 27.6 Å². The molecule has 15 heavy (non-hydrogen) atoms. The minimum Gasteiger partial charge on any atom is -0.383 e. The summed E-state index contributed by atoms with van der Waals surface area (Å²) in [6.07, 6.45) is 0.837. The fraction of sp³-hybridized carbons (Fsp3) is 0. The third kappa shape index (κ3) is 2.94. The molecule has 0 spiro atoms. The Labute approximate surface area is 94.9 Å². The van der Waals surface area contributed by atoms with Gasteiger partial charge in [0.2, 0.25) is 0 Å². The molecule has 0 amide bonds. The van der Waals surface area contributed by atoms with Crippen molar-refractivity contribution in [3.63, 3.8) is 0 Å². The van der Waals surface area contributed by atoms with E-state index in [1.54, 1.807) is 0 Å². The number of halogens is 2. The zero-order valence-corrected chi connectivity index (χ0v) is 10.0. The molecule has 0 bridgehead atoms. The molecule has 10 heteroatoms. The van der Waals surface area contributed by atoms with Gasteiger partial charge in [0.15, 0.2) is 0 Å². The second kappa shape index (κ2) is 3.78. The maximum Gasteiger partial charge on any atom is 0.265 e. The molecular weight excluding hydrogens is 287 g/mol. The lowest BCUT2D eigenvalue weighted by Gasteiger charge is -2.02. The fourth-order valence-electron chi connectivity index (χ4n) is 0.766. The summed E-state index contributed by atoms with van der Waals surface area (Å²) in [5.74, 6) is -0.394. The van der Waals surface area contributed by atoms with Crippen molar-refractivity contribution in [1.82, 2.24) is 4.98 Å². The summed E-state index contributed by atoms with van der Waals surface area (Å²) in [6.45, 7) is 0. The van der Waals surface area contributed by atoms with Crippen LogP contribution in [0, 0.1) is 0 Å². The molecule has 0 fully saturated rings. The van der Waals surface area contributed by atoms with Gasteiger partial charge in [-0.2, -0.15) is 0 Å².